The highest BCUT2D eigenvalue weighted by Gasteiger charge is 2.34. The van der Waals surface area contributed by atoms with Crippen LogP contribution < -0.4 is 14.5 Å². The van der Waals surface area contributed by atoms with Crippen LogP contribution in [-0.2, 0) is 4.79 Å². The molecule has 3 rings (SSSR count). The van der Waals surface area contributed by atoms with Crippen molar-refractivity contribution in [2.24, 2.45) is 0 Å². The summed E-state index contributed by atoms with van der Waals surface area (Å²) in [5, 5.41) is 0. The van der Waals surface area contributed by atoms with Crippen LogP contribution in [0.5, 0.6) is 11.6 Å². The summed E-state index contributed by atoms with van der Waals surface area (Å²) < 4.78 is 6.36. The zero-order valence-electron chi connectivity index (χ0n) is 18.1. The molecule has 0 unspecified atom stereocenters. The fourth-order valence-corrected chi connectivity index (χ4v) is 4.17. The van der Waals surface area contributed by atoms with Gasteiger partial charge in [-0.25, -0.2) is 4.98 Å². The summed E-state index contributed by atoms with van der Waals surface area (Å²) in [5.41, 5.74) is 6.00. The highest BCUT2D eigenvalue weighted by Crippen LogP contribution is 2.44. The fourth-order valence-electron chi connectivity index (χ4n) is 4.17. The number of hydrogen-bond donors (Lipinski definition) is 0. The maximum absolute atomic E-state index is 12.8. The third kappa shape index (κ3) is 3.58. The molecule has 0 aliphatic carbocycles. The SMILES string of the molecule is CCC(CC)N1CC(=O)N(C)c2c1cc(C)nc2Oc1c(C)cc(C)cc1C. The van der Waals surface area contributed by atoms with Crippen LogP contribution in [0.3, 0.4) is 0 Å². The van der Waals surface area contributed by atoms with E-state index in [1.54, 1.807) is 4.90 Å². The van der Waals surface area contributed by atoms with E-state index in [0.717, 1.165) is 46.8 Å². The lowest BCUT2D eigenvalue weighted by atomic mass is 10.1. The van der Waals surface area contributed by atoms with Crippen LogP contribution in [0.1, 0.15) is 49.1 Å². The number of aryl methyl sites for hydroxylation is 4. The van der Waals surface area contributed by atoms with Crippen LogP contribution >= 0.6 is 0 Å². The number of fused-ring (bicyclic) bond motifs is 1. The van der Waals surface area contributed by atoms with Gasteiger partial charge >= 0.3 is 0 Å². The minimum atomic E-state index is 0.0623. The lowest BCUT2D eigenvalue weighted by molar-refractivity contribution is -0.117. The van der Waals surface area contributed by atoms with Gasteiger partial charge in [0.15, 0.2) is 0 Å². The molecule has 0 fully saturated rings. The Kier molecular flexibility index (Phi) is 5.64. The van der Waals surface area contributed by atoms with Gasteiger partial charge < -0.3 is 14.5 Å². The number of aromatic nitrogens is 1. The first-order valence-electron chi connectivity index (χ1n) is 10.1. The highest BCUT2D eigenvalue weighted by molar-refractivity contribution is 6.04. The van der Waals surface area contributed by atoms with E-state index in [-0.39, 0.29) is 5.91 Å². The number of anilines is 2. The van der Waals surface area contributed by atoms with E-state index < -0.39 is 0 Å². The Bertz CT molecular complexity index is 880. The number of carbonyl (C=O) groups is 1. The van der Waals surface area contributed by atoms with Crippen molar-refractivity contribution in [3.05, 3.63) is 40.6 Å². The highest BCUT2D eigenvalue weighted by atomic mass is 16.5. The minimum Gasteiger partial charge on any atom is -0.436 e. The van der Waals surface area contributed by atoms with Crippen molar-refractivity contribution < 1.29 is 9.53 Å². The van der Waals surface area contributed by atoms with E-state index in [9.17, 15) is 4.79 Å². The van der Waals surface area contributed by atoms with Crippen LogP contribution in [0.4, 0.5) is 11.4 Å². The average molecular weight is 382 g/mol. The second-order valence-electron chi connectivity index (χ2n) is 7.82. The minimum absolute atomic E-state index is 0.0623. The van der Waals surface area contributed by atoms with Gasteiger partial charge in [0.25, 0.3) is 0 Å². The van der Waals surface area contributed by atoms with E-state index in [4.69, 9.17) is 4.74 Å². The van der Waals surface area contributed by atoms with E-state index in [2.05, 4.69) is 48.9 Å². The average Bonchev–Trinajstić information content (AvgIpc) is 2.62. The number of benzene rings is 1. The molecule has 0 saturated carbocycles. The Morgan fingerprint density at radius 3 is 2.25 bits per heavy atom. The lowest BCUT2D eigenvalue weighted by Crippen LogP contribution is -2.48. The Balaban J connectivity index is 2.16. The van der Waals surface area contributed by atoms with E-state index in [0.29, 0.717) is 18.5 Å². The van der Waals surface area contributed by atoms with E-state index >= 15 is 0 Å². The number of nitrogens with zero attached hydrogens (tertiary/aromatic N) is 3. The maximum atomic E-state index is 12.8. The predicted octanol–water partition coefficient (Wildman–Crippen LogP) is 5.08. The Morgan fingerprint density at radius 1 is 1.07 bits per heavy atom. The van der Waals surface area contributed by atoms with Gasteiger partial charge in [-0.2, -0.15) is 0 Å². The van der Waals surface area contributed by atoms with Gasteiger partial charge in [-0.05, 0) is 57.7 Å². The molecule has 0 spiro atoms. The number of likely N-dealkylation sites (N-methyl/N-ethyl adjacent to an activating group) is 1. The summed E-state index contributed by atoms with van der Waals surface area (Å²) in [6.07, 6.45) is 1.97. The molecule has 1 amide bonds. The molecule has 2 aromatic rings. The third-order valence-corrected chi connectivity index (χ3v) is 5.58. The Morgan fingerprint density at radius 2 is 1.68 bits per heavy atom. The van der Waals surface area contributed by atoms with Crippen molar-refractivity contribution in [1.29, 1.82) is 0 Å². The van der Waals surface area contributed by atoms with Crippen LogP contribution in [0.25, 0.3) is 0 Å². The molecular weight excluding hydrogens is 350 g/mol. The molecule has 0 N–H and O–H groups in total. The molecule has 1 aromatic heterocycles. The standard InChI is InChI=1S/C23H31N3O2/c1-8-18(9-2)26-13-20(27)25(7)21-19(26)12-17(6)24-23(21)28-22-15(4)10-14(3)11-16(22)5/h10-12,18H,8-9,13H2,1-7H3. The predicted molar refractivity (Wildman–Crippen MR) is 115 cm³/mol. The molecule has 2 heterocycles. The number of carbonyl (C=O) groups excluding carboxylic acids is 1. The molecule has 150 valence electrons. The molecular formula is C23H31N3O2. The first-order valence-corrected chi connectivity index (χ1v) is 10.1. The summed E-state index contributed by atoms with van der Waals surface area (Å²) in [5.74, 6) is 1.37. The van der Waals surface area contributed by atoms with Gasteiger partial charge in [0.1, 0.15) is 11.4 Å². The number of amides is 1. The molecule has 1 aromatic carbocycles. The first kappa shape index (κ1) is 20.2. The van der Waals surface area contributed by atoms with Gasteiger partial charge in [0.05, 0.1) is 12.2 Å². The van der Waals surface area contributed by atoms with Crippen LogP contribution in [0.2, 0.25) is 0 Å². The van der Waals surface area contributed by atoms with Crippen molar-refractivity contribution >= 4 is 17.3 Å². The third-order valence-electron chi connectivity index (χ3n) is 5.58. The summed E-state index contributed by atoms with van der Waals surface area (Å²) in [6, 6.07) is 6.60. The summed E-state index contributed by atoms with van der Waals surface area (Å²) in [4.78, 5) is 21.4. The molecule has 0 radical (unpaired) electrons. The molecule has 1 aliphatic rings. The van der Waals surface area contributed by atoms with Gasteiger partial charge in [-0.1, -0.05) is 31.5 Å². The Labute approximate surface area is 168 Å². The molecule has 5 nitrogen and oxygen atoms in total. The van der Waals surface area contributed by atoms with Gasteiger partial charge in [0.2, 0.25) is 11.8 Å². The van der Waals surface area contributed by atoms with Gasteiger partial charge in [-0.15, -0.1) is 0 Å². The second kappa shape index (κ2) is 7.82. The molecule has 28 heavy (non-hydrogen) atoms. The number of pyridine rings is 1. The van der Waals surface area contributed by atoms with Crippen LogP contribution in [0.15, 0.2) is 18.2 Å². The fraction of sp³-hybridized carbons (Fsp3) is 0.478. The van der Waals surface area contributed by atoms with Crippen molar-refractivity contribution in [2.45, 2.75) is 60.4 Å². The molecule has 0 saturated heterocycles. The van der Waals surface area contributed by atoms with Crippen LogP contribution in [0, 0.1) is 27.7 Å². The zero-order chi connectivity index (χ0) is 20.6. The zero-order valence-corrected chi connectivity index (χ0v) is 18.1. The van der Waals surface area contributed by atoms with Crippen molar-refractivity contribution in [3.63, 3.8) is 0 Å². The first-order chi connectivity index (χ1) is 13.3. The Hall–Kier alpha value is -2.56. The monoisotopic (exact) mass is 381 g/mol. The summed E-state index contributed by atoms with van der Waals surface area (Å²) >= 11 is 0. The van der Waals surface area contributed by atoms with E-state index in [1.165, 1.54) is 5.56 Å². The normalized spacial score (nSPS) is 13.9. The summed E-state index contributed by atoms with van der Waals surface area (Å²) in [6.45, 7) is 12.9. The molecule has 1 aliphatic heterocycles. The smallest absolute Gasteiger partial charge is 0.246 e. The van der Waals surface area contributed by atoms with Crippen LogP contribution in [-0.4, -0.2) is 30.5 Å². The lowest BCUT2D eigenvalue weighted by Gasteiger charge is -2.40. The largest absolute Gasteiger partial charge is 0.436 e. The van der Waals surface area contributed by atoms with Gasteiger partial charge in [-0.3, -0.25) is 4.79 Å². The maximum Gasteiger partial charge on any atom is 0.246 e. The van der Waals surface area contributed by atoms with Crippen molar-refractivity contribution in [2.75, 3.05) is 23.4 Å². The number of rotatable bonds is 5. The topological polar surface area (TPSA) is 45.7 Å². The quantitative estimate of drug-likeness (QED) is 0.725. The van der Waals surface area contributed by atoms with Crippen molar-refractivity contribution in [3.8, 4) is 11.6 Å². The number of hydrogen-bond acceptors (Lipinski definition) is 4. The summed E-state index contributed by atoms with van der Waals surface area (Å²) in [7, 11) is 1.81. The van der Waals surface area contributed by atoms with Gasteiger partial charge in [0, 0.05) is 18.8 Å². The molecule has 5 heteroatoms. The van der Waals surface area contributed by atoms with Crippen molar-refractivity contribution in [1.82, 2.24) is 4.98 Å². The molecule has 0 atom stereocenters. The van der Waals surface area contributed by atoms with E-state index in [1.807, 2.05) is 27.8 Å². The number of ether oxygens (including phenoxy) is 1. The molecule has 0 bridgehead atoms. The second-order valence-corrected chi connectivity index (χ2v) is 7.82.